The fourth-order valence-corrected chi connectivity index (χ4v) is 3.93. The monoisotopic (exact) mass is 312 g/mol. The van der Waals surface area contributed by atoms with Gasteiger partial charge in [0.25, 0.3) is 0 Å². The minimum atomic E-state index is -1.44. The highest BCUT2D eigenvalue weighted by Crippen LogP contribution is 2.43. The molecule has 0 spiro atoms. The number of para-hydroxylation sites is 1. The zero-order chi connectivity index (χ0) is 16.2. The number of carbonyl (C=O) groups excluding carboxylic acids is 3. The Morgan fingerprint density at radius 2 is 2.04 bits per heavy atom. The van der Waals surface area contributed by atoms with E-state index in [1.807, 2.05) is 24.3 Å². The van der Waals surface area contributed by atoms with E-state index < -0.39 is 11.4 Å². The van der Waals surface area contributed by atoms with Crippen LogP contribution in [0.5, 0.6) is 0 Å². The van der Waals surface area contributed by atoms with E-state index in [2.05, 4.69) is 5.32 Å². The van der Waals surface area contributed by atoms with Gasteiger partial charge in [-0.1, -0.05) is 18.2 Å². The second kappa shape index (κ2) is 4.68. The zero-order valence-electron chi connectivity index (χ0n) is 12.7. The van der Waals surface area contributed by atoms with Gasteiger partial charge in [0.1, 0.15) is 0 Å². The number of carbonyl (C=O) groups is 3. The fraction of sp³-hybridized carbons (Fsp3) is 0.353. The summed E-state index contributed by atoms with van der Waals surface area (Å²) in [6.07, 6.45) is 0.863. The first kappa shape index (κ1) is 14.0. The summed E-state index contributed by atoms with van der Waals surface area (Å²) in [6, 6.07) is 7.54. The highest BCUT2D eigenvalue weighted by molar-refractivity contribution is 6.13. The van der Waals surface area contributed by atoms with Crippen molar-refractivity contribution in [1.29, 1.82) is 0 Å². The maximum Gasteiger partial charge on any atom is 0.327 e. The molecule has 1 amide bonds. The van der Waals surface area contributed by atoms with E-state index in [1.165, 1.54) is 7.11 Å². The quantitative estimate of drug-likeness (QED) is 0.633. The van der Waals surface area contributed by atoms with Crippen LogP contribution >= 0.6 is 0 Å². The first-order valence-electron chi connectivity index (χ1n) is 7.64. The molecule has 6 heteroatoms. The molecule has 6 nitrogen and oxygen atoms in total. The fourth-order valence-electron chi connectivity index (χ4n) is 3.93. The predicted molar refractivity (Wildman–Crippen MR) is 82.2 cm³/mol. The average Bonchev–Trinajstić information content (AvgIpc) is 2.82. The van der Waals surface area contributed by atoms with Crippen molar-refractivity contribution in [3.05, 3.63) is 35.5 Å². The van der Waals surface area contributed by atoms with Gasteiger partial charge in [0.05, 0.1) is 18.3 Å². The predicted octanol–water partition coefficient (Wildman–Crippen LogP) is 1.16. The van der Waals surface area contributed by atoms with Crippen molar-refractivity contribution in [1.82, 2.24) is 9.88 Å². The molecule has 0 bridgehead atoms. The van der Waals surface area contributed by atoms with Gasteiger partial charge in [-0.25, -0.2) is 0 Å². The molecule has 0 saturated carbocycles. The number of hydrogen-bond acceptors (Lipinski definition) is 4. The number of benzene rings is 1. The Labute approximate surface area is 132 Å². The third kappa shape index (κ3) is 1.60. The first-order chi connectivity index (χ1) is 11.1. The lowest BCUT2D eigenvalue weighted by Crippen LogP contribution is -2.53. The summed E-state index contributed by atoms with van der Waals surface area (Å²) in [5.41, 5.74) is 0.701. The highest BCUT2D eigenvalue weighted by atomic mass is 16.5. The third-order valence-electron chi connectivity index (χ3n) is 4.93. The SMILES string of the molecule is COC(=O)C12CCC(=O)n3c1c(c1ccccc13)CCNC2=O. The molecule has 4 rings (SSSR count). The summed E-state index contributed by atoms with van der Waals surface area (Å²) >= 11 is 0. The Hall–Kier alpha value is -2.63. The number of aromatic nitrogens is 1. The molecule has 1 unspecified atom stereocenters. The van der Waals surface area contributed by atoms with Gasteiger partial charge in [-0.05, 0) is 24.5 Å². The molecule has 0 fully saturated rings. The Kier molecular flexibility index (Phi) is 2.85. The Balaban J connectivity index is 2.18. The number of fused-ring (bicyclic) bond motifs is 3. The van der Waals surface area contributed by atoms with Gasteiger partial charge < -0.3 is 10.1 Å². The van der Waals surface area contributed by atoms with Gasteiger partial charge in [-0.3, -0.25) is 19.0 Å². The van der Waals surface area contributed by atoms with E-state index in [-0.39, 0.29) is 24.7 Å². The average molecular weight is 312 g/mol. The molecule has 23 heavy (non-hydrogen) atoms. The van der Waals surface area contributed by atoms with Gasteiger partial charge in [-0.15, -0.1) is 0 Å². The van der Waals surface area contributed by atoms with E-state index >= 15 is 0 Å². The van der Waals surface area contributed by atoms with Crippen molar-refractivity contribution < 1.29 is 19.1 Å². The molecule has 2 aliphatic heterocycles. The molecule has 0 saturated heterocycles. The van der Waals surface area contributed by atoms with Crippen molar-refractivity contribution in [3.63, 3.8) is 0 Å². The van der Waals surface area contributed by atoms with Crippen molar-refractivity contribution in [2.75, 3.05) is 13.7 Å². The molecule has 1 aromatic carbocycles. The number of nitrogens with one attached hydrogen (secondary N) is 1. The number of rotatable bonds is 1. The smallest absolute Gasteiger partial charge is 0.327 e. The maximum absolute atomic E-state index is 12.8. The number of esters is 1. The Morgan fingerprint density at radius 1 is 1.26 bits per heavy atom. The molecule has 2 aromatic rings. The molecule has 2 aliphatic rings. The normalized spacial score (nSPS) is 23.2. The van der Waals surface area contributed by atoms with Crippen LogP contribution in [0.3, 0.4) is 0 Å². The van der Waals surface area contributed by atoms with Gasteiger partial charge in [0.2, 0.25) is 11.8 Å². The number of ether oxygens (including phenoxy) is 1. The molecule has 1 atom stereocenters. The van der Waals surface area contributed by atoms with Crippen LogP contribution in [0.15, 0.2) is 24.3 Å². The van der Waals surface area contributed by atoms with E-state index in [9.17, 15) is 14.4 Å². The molecular weight excluding hydrogens is 296 g/mol. The van der Waals surface area contributed by atoms with E-state index in [1.54, 1.807) is 4.57 Å². The number of hydrogen-bond donors (Lipinski definition) is 1. The Bertz CT molecular complexity index is 867. The number of amides is 1. The van der Waals surface area contributed by atoms with Crippen molar-refractivity contribution in [2.24, 2.45) is 0 Å². The first-order valence-corrected chi connectivity index (χ1v) is 7.64. The second-order valence-corrected chi connectivity index (χ2v) is 5.98. The van der Waals surface area contributed by atoms with Gasteiger partial charge in [-0.2, -0.15) is 0 Å². The third-order valence-corrected chi connectivity index (χ3v) is 4.93. The van der Waals surface area contributed by atoms with Crippen LogP contribution < -0.4 is 5.32 Å². The minimum Gasteiger partial charge on any atom is -0.468 e. The summed E-state index contributed by atoms with van der Waals surface area (Å²) in [6.45, 7) is 0.437. The highest BCUT2D eigenvalue weighted by Gasteiger charge is 2.56. The van der Waals surface area contributed by atoms with Crippen molar-refractivity contribution in [3.8, 4) is 0 Å². The van der Waals surface area contributed by atoms with Gasteiger partial charge in [0.15, 0.2) is 5.41 Å². The topological polar surface area (TPSA) is 77.4 Å². The summed E-state index contributed by atoms with van der Waals surface area (Å²) in [5, 5.41) is 3.73. The summed E-state index contributed by atoms with van der Waals surface area (Å²) in [4.78, 5) is 37.9. The van der Waals surface area contributed by atoms with Crippen LogP contribution in [0.4, 0.5) is 0 Å². The summed E-state index contributed by atoms with van der Waals surface area (Å²) in [7, 11) is 1.28. The molecule has 1 N–H and O–H groups in total. The zero-order valence-corrected chi connectivity index (χ0v) is 12.7. The van der Waals surface area contributed by atoms with Crippen molar-refractivity contribution in [2.45, 2.75) is 24.7 Å². The van der Waals surface area contributed by atoms with Crippen LogP contribution in [0.2, 0.25) is 0 Å². The van der Waals surface area contributed by atoms with Crippen LogP contribution in [-0.2, 0) is 26.2 Å². The lowest BCUT2D eigenvalue weighted by molar-refractivity contribution is -0.153. The molecule has 118 valence electrons. The molecule has 0 aliphatic carbocycles. The van der Waals surface area contributed by atoms with E-state index in [4.69, 9.17) is 4.74 Å². The lowest BCUT2D eigenvalue weighted by atomic mass is 9.75. The van der Waals surface area contributed by atoms with Crippen LogP contribution in [-0.4, -0.2) is 36.0 Å². The Morgan fingerprint density at radius 3 is 2.83 bits per heavy atom. The lowest BCUT2D eigenvalue weighted by Gasteiger charge is -2.33. The minimum absolute atomic E-state index is 0.0864. The standard InChI is InChI=1S/C17H16N2O4/c1-23-16(22)17-8-6-13(20)19-12-5-3-2-4-10(12)11(14(17)19)7-9-18-15(17)21/h2-5H,6-9H2,1H3,(H,18,21). The number of methoxy groups -OCH3 is 1. The largest absolute Gasteiger partial charge is 0.468 e. The maximum atomic E-state index is 12.8. The summed E-state index contributed by atoms with van der Waals surface area (Å²) in [5.74, 6) is -1.06. The van der Waals surface area contributed by atoms with Gasteiger partial charge in [0, 0.05) is 18.4 Å². The van der Waals surface area contributed by atoms with Crippen LogP contribution in [0.1, 0.15) is 28.9 Å². The summed E-state index contributed by atoms with van der Waals surface area (Å²) < 4.78 is 6.51. The molecule has 3 heterocycles. The van der Waals surface area contributed by atoms with Crippen molar-refractivity contribution >= 4 is 28.7 Å². The molecule has 0 radical (unpaired) electrons. The van der Waals surface area contributed by atoms with Gasteiger partial charge >= 0.3 is 5.97 Å². The van der Waals surface area contributed by atoms with E-state index in [0.717, 1.165) is 16.5 Å². The molecule has 1 aromatic heterocycles. The molecular formula is C17H16N2O4. The van der Waals surface area contributed by atoms with E-state index in [0.29, 0.717) is 18.7 Å². The number of nitrogens with zero attached hydrogens (tertiary/aromatic N) is 1. The second-order valence-electron chi connectivity index (χ2n) is 5.98. The van der Waals surface area contributed by atoms with Crippen LogP contribution in [0.25, 0.3) is 10.9 Å². The van der Waals surface area contributed by atoms with Crippen LogP contribution in [0, 0.1) is 0 Å².